The number of hydrogen-bond acceptors (Lipinski definition) is 3. The average Bonchev–Trinajstić information content (AvgIpc) is 3.23. The minimum absolute atomic E-state index is 0.0224. The summed E-state index contributed by atoms with van der Waals surface area (Å²) in [6.45, 7) is 1.47. The molecule has 160 valence electrons. The molecule has 2 aliphatic rings. The van der Waals surface area contributed by atoms with E-state index in [4.69, 9.17) is 9.47 Å². The lowest BCUT2D eigenvalue weighted by molar-refractivity contribution is 0.00952. The van der Waals surface area contributed by atoms with Crippen molar-refractivity contribution >= 4 is 6.09 Å². The molecular weight excluding hydrogens is 388 g/mol. The lowest BCUT2D eigenvalue weighted by Gasteiger charge is -2.37. The van der Waals surface area contributed by atoms with Gasteiger partial charge < -0.3 is 14.4 Å². The molecule has 0 N–H and O–H groups in total. The Labute approximate surface area is 175 Å². The van der Waals surface area contributed by atoms with Gasteiger partial charge in [0.2, 0.25) is 0 Å². The molecule has 0 spiro atoms. The van der Waals surface area contributed by atoms with Crippen LogP contribution in [0.2, 0.25) is 0 Å². The van der Waals surface area contributed by atoms with Crippen LogP contribution in [0.25, 0.3) is 0 Å². The predicted molar refractivity (Wildman–Crippen MR) is 109 cm³/mol. The molecule has 1 heterocycles. The molecule has 2 fully saturated rings. The first-order valence-corrected chi connectivity index (χ1v) is 10.6. The van der Waals surface area contributed by atoms with Gasteiger partial charge in [0, 0.05) is 31.4 Å². The van der Waals surface area contributed by atoms with Gasteiger partial charge in [-0.2, -0.15) is 0 Å². The number of benzene rings is 2. The lowest BCUT2D eigenvalue weighted by Crippen LogP contribution is -2.48. The van der Waals surface area contributed by atoms with E-state index in [2.05, 4.69) is 0 Å². The van der Waals surface area contributed by atoms with Crippen molar-refractivity contribution in [2.45, 2.75) is 56.7 Å². The molecule has 1 aliphatic carbocycles. The van der Waals surface area contributed by atoms with E-state index >= 15 is 0 Å². The summed E-state index contributed by atoms with van der Waals surface area (Å²) < 4.78 is 38.7. The Morgan fingerprint density at radius 3 is 2.50 bits per heavy atom. The highest BCUT2D eigenvalue weighted by molar-refractivity contribution is 5.68. The van der Waals surface area contributed by atoms with Crippen LogP contribution < -0.4 is 0 Å². The molecule has 2 atom stereocenters. The molecule has 2 aromatic rings. The third-order valence-electron chi connectivity index (χ3n) is 6.20. The van der Waals surface area contributed by atoms with Crippen molar-refractivity contribution in [3.05, 3.63) is 71.3 Å². The second-order valence-corrected chi connectivity index (χ2v) is 8.12. The molecule has 4 nitrogen and oxygen atoms in total. The summed E-state index contributed by atoms with van der Waals surface area (Å²) in [5.74, 6) is -1.11. The van der Waals surface area contributed by atoms with Gasteiger partial charge in [-0.25, -0.2) is 13.6 Å². The minimum Gasteiger partial charge on any atom is -0.445 e. The molecule has 2 aromatic carbocycles. The van der Waals surface area contributed by atoms with Gasteiger partial charge in [-0.3, -0.25) is 0 Å². The Bertz CT molecular complexity index is 855. The number of carbonyl (C=O) groups excluding carboxylic acids is 1. The molecule has 30 heavy (non-hydrogen) atoms. The SMILES string of the molecule is O=C(OCc1ccccc1)N(C1CCOCC1)C1CCC(c2ccc(F)cc2F)C1. The fraction of sp³-hybridized carbons (Fsp3) is 0.458. The summed E-state index contributed by atoms with van der Waals surface area (Å²) >= 11 is 0. The standard InChI is InChI=1S/C24H27F2NO3/c25-19-7-9-22(23(26)15-19)18-6-8-21(14-18)27(20-10-12-29-13-11-20)24(28)30-16-17-4-2-1-3-5-17/h1-5,7,9,15,18,20-21H,6,8,10-14,16H2. The maximum absolute atomic E-state index is 14.3. The van der Waals surface area contributed by atoms with E-state index in [1.807, 2.05) is 35.2 Å². The Balaban J connectivity index is 1.47. The monoisotopic (exact) mass is 415 g/mol. The van der Waals surface area contributed by atoms with Crippen LogP contribution >= 0.6 is 0 Å². The molecule has 4 rings (SSSR count). The van der Waals surface area contributed by atoms with Gasteiger partial charge in [-0.15, -0.1) is 0 Å². The summed E-state index contributed by atoms with van der Waals surface area (Å²) in [7, 11) is 0. The molecule has 0 bridgehead atoms. The Kier molecular flexibility index (Phi) is 6.62. The van der Waals surface area contributed by atoms with Crippen LogP contribution in [0.1, 0.15) is 49.1 Å². The molecule has 0 radical (unpaired) electrons. The van der Waals surface area contributed by atoms with Crippen LogP contribution in [0.3, 0.4) is 0 Å². The van der Waals surface area contributed by atoms with Gasteiger partial charge in [0.25, 0.3) is 0 Å². The minimum atomic E-state index is -0.570. The van der Waals surface area contributed by atoms with E-state index in [0.717, 1.165) is 37.3 Å². The van der Waals surface area contributed by atoms with Crippen molar-refractivity contribution in [1.82, 2.24) is 4.90 Å². The van der Waals surface area contributed by atoms with Crippen LogP contribution in [0.15, 0.2) is 48.5 Å². The Morgan fingerprint density at radius 1 is 1.00 bits per heavy atom. The molecule has 2 unspecified atom stereocenters. The van der Waals surface area contributed by atoms with Gasteiger partial charge in [0.15, 0.2) is 0 Å². The highest BCUT2D eigenvalue weighted by atomic mass is 19.1. The number of nitrogens with zero attached hydrogens (tertiary/aromatic N) is 1. The van der Waals surface area contributed by atoms with Crippen molar-refractivity contribution < 1.29 is 23.0 Å². The van der Waals surface area contributed by atoms with E-state index in [9.17, 15) is 13.6 Å². The van der Waals surface area contributed by atoms with Crippen molar-refractivity contribution in [3.8, 4) is 0 Å². The second kappa shape index (κ2) is 9.56. The zero-order valence-corrected chi connectivity index (χ0v) is 16.9. The van der Waals surface area contributed by atoms with E-state index in [1.165, 1.54) is 12.1 Å². The molecule has 0 aromatic heterocycles. The first-order chi connectivity index (χ1) is 14.6. The fourth-order valence-electron chi connectivity index (χ4n) is 4.68. The van der Waals surface area contributed by atoms with Crippen LogP contribution in [0.5, 0.6) is 0 Å². The Hall–Kier alpha value is -2.47. The smallest absolute Gasteiger partial charge is 0.410 e. The van der Waals surface area contributed by atoms with Gasteiger partial charge >= 0.3 is 6.09 Å². The van der Waals surface area contributed by atoms with Crippen molar-refractivity contribution in [1.29, 1.82) is 0 Å². The quantitative estimate of drug-likeness (QED) is 0.655. The van der Waals surface area contributed by atoms with Gasteiger partial charge in [0.05, 0.1) is 0 Å². The van der Waals surface area contributed by atoms with Crippen molar-refractivity contribution in [3.63, 3.8) is 0 Å². The summed E-state index contributed by atoms with van der Waals surface area (Å²) in [6, 6.07) is 13.4. The number of halogens is 2. The summed E-state index contributed by atoms with van der Waals surface area (Å²) in [4.78, 5) is 15.0. The van der Waals surface area contributed by atoms with Crippen LogP contribution in [-0.4, -0.2) is 36.3 Å². The molecule has 6 heteroatoms. The average molecular weight is 415 g/mol. The van der Waals surface area contributed by atoms with Crippen LogP contribution in [0.4, 0.5) is 13.6 Å². The first-order valence-electron chi connectivity index (χ1n) is 10.6. The maximum atomic E-state index is 14.3. The number of amides is 1. The molecule has 1 amide bonds. The van der Waals surface area contributed by atoms with Gasteiger partial charge in [0.1, 0.15) is 18.2 Å². The van der Waals surface area contributed by atoms with Crippen LogP contribution in [0, 0.1) is 11.6 Å². The lowest BCUT2D eigenvalue weighted by atomic mass is 9.96. The second-order valence-electron chi connectivity index (χ2n) is 8.12. The number of hydrogen-bond donors (Lipinski definition) is 0. The predicted octanol–water partition coefficient (Wildman–Crippen LogP) is 5.42. The Morgan fingerprint density at radius 2 is 1.77 bits per heavy atom. The summed E-state index contributed by atoms with van der Waals surface area (Å²) in [6.07, 6.45) is 3.41. The van der Waals surface area contributed by atoms with Crippen molar-refractivity contribution in [2.75, 3.05) is 13.2 Å². The highest BCUT2D eigenvalue weighted by Gasteiger charge is 2.38. The summed E-state index contributed by atoms with van der Waals surface area (Å²) in [5, 5.41) is 0. The van der Waals surface area contributed by atoms with E-state index < -0.39 is 11.6 Å². The van der Waals surface area contributed by atoms with E-state index in [0.29, 0.717) is 25.2 Å². The number of carbonyl (C=O) groups is 1. The largest absolute Gasteiger partial charge is 0.445 e. The number of ether oxygens (including phenoxy) is 2. The summed E-state index contributed by atoms with van der Waals surface area (Å²) in [5.41, 5.74) is 1.47. The van der Waals surface area contributed by atoms with E-state index in [1.54, 1.807) is 0 Å². The van der Waals surface area contributed by atoms with Gasteiger partial charge in [-0.05, 0) is 55.2 Å². The third kappa shape index (κ3) is 4.81. The normalized spacial score (nSPS) is 22.1. The molecule has 1 saturated heterocycles. The third-order valence-corrected chi connectivity index (χ3v) is 6.20. The molecule has 1 saturated carbocycles. The molecular formula is C24H27F2NO3. The topological polar surface area (TPSA) is 38.8 Å². The first kappa shape index (κ1) is 20.8. The van der Waals surface area contributed by atoms with Crippen LogP contribution in [-0.2, 0) is 16.1 Å². The molecule has 1 aliphatic heterocycles. The van der Waals surface area contributed by atoms with Gasteiger partial charge in [-0.1, -0.05) is 36.4 Å². The maximum Gasteiger partial charge on any atom is 0.410 e. The zero-order valence-electron chi connectivity index (χ0n) is 16.9. The van der Waals surface area contributed by atoms with Crippen molar-refractivity contribution in [2.24, 2.45) is 0 Å². The zero-order chi connectivity index (χ0) is 20.9. The highest BCUT2D eigenvalue weighted by Crippen LogP contribution is 2.39. The fourth-order valence-corrected chi connectivity index (χ4v) is 4.68. The number of rotatable bonds is 5. The van der Waals surface area contributed by atoms with E-state index in [-0.39, 0.29) is 30.7 Å².